The van der Waals surface area contributed by atoms with Crippen molar-refractivity contribution < 1.29 is 14.6 Å². The summed E-state index contributed by atoms with van der Waals surface area (Å²) in [6, 6.07) is 3.54. The molecule has 2 rings (SSSR count). The second-order valence-corrected chi connectivity index (χ2v) is 5.77. The number of aryl methyl sites for hydroxylation is 2. The minimum absolute atomic E-state index is 0.0575. The van der Waals surface area contributed by atoms with E-state index in [0.717, 1.165) is 5.56 Å². The number of carbonyl (C=O) groups is 1. The Labute approximate surface area is 125 Å². The minimum atomic E-state index is -1.04. The van der Waals surface area contributed by atoms with Gasteiger partial charge >= 0.3 is 5.97 Å². The first-order valence-corrected chi connectivity index (χ1v) is 6.93. The molecule has 2 aromatic rings. The van der Waals surface area contributed by atoms with Crippen molar-refractivity contribution in [3.8, 4) is 5.75 Å². The SMILES string of the molecule is COc1cc(Cl)c(C)cc1Nc1nc(C(=O)O)c(C)s1. The van der Waals surface area contributed by atoms with Crippen LogP contribution in [0.2, 0.25) is 5.02 Å². The van der Waals surface area contributed by atoms with Crippen molar-refractivity contribution in [2.24, 2.45) is 0 Å². The van der Waals surface area contributed by atoms with Gasteiger partial charge in [0, 0.05) is 16.0 Å². The number of carboxylic acid groups (broad SMARTS) is 1. The van der Waals surface area contributed by atoms with E-state index in [9.17, 15) is 4.79 Å². The van der Waals surface area contributed by atoms with Crippen LogP contribution in [0, 0.1) is 13.8 Å². The van der Waals surface area contributed by atoms with E-state index >= 15 is 0 Å². The van der Waals surface area contributed by atoms with Gasteiger partial charge in [-0.1, -0.05) is 11.6 Å². The van der Waals surface area contributed by atoms with Crippen molar-refractivity contribution in [1.82, 2.24) is 4.98 Å². The molecule has 1 aromatic carbocycles. The molecule has 0 saturated carbocycles. The smallest absolute Gasteiger partial charge is 0.355 e. The molecule has 1 aromatic heterocycles. The average molecular weight is 313 g/mol. The van der Waals surface area contributed by atoms with Crippen LogP contribution in [0.15, 0.2) is 12.1 Å². The number of methoxy groups -OCH3 is 1. The lowest BCUT2D eigenvalue weighted by Gasteiger charge is -2.11. The Morgan fingerprint density at radius 2 is 2.15 bits per heavy atom. The quantitative estimate of drug-likeness (QED) is 0.897. The molecule has 0 radical (unpaired) electrons. The number of ether oxygens (including phenoxy) is 1. The largest absolute Gasteiger partial charge is 0.495 e. The van der Waals surface area contributed by atoms with Crippen molar-refractivity contribution in [3.05, 3.63) is 33.3 Å². The molecule has 0 fully saturated rings. The molecule has 0 bridgehead atoms. The first-order chi connectivity index (χ1) is 9.42. The highest BCUT2D eigenvalue weighted by molar-refractivity contribution is 7.15. The van der Waals surface area contributed by atoms with Gasteiger partial charge in [0.2, 0.25) is 0 Å². The number of anilines is 2. The van der Waals surface area contributed by atoms with E-state index in [4.69, 9.17) is 21.4 Å². The number of nitrogens with one attached hydrogen (secondary N) is 1. The molecule has 0 atom stereocenters. The average Bonchev–Trinajstić information content (AvgIpc) is 2.74. The fourth-order valence-electron chi connectivity index (χ4n) is 1.69. The monoisotopic (exact) mass is 312 g/mol. The molecule has 0 spiro atoms. The Morgan fingerprint density at radius 1 is 1.45 bits per heavy atom. The molecule has 106 valence electrons. The van der Waals surface area contributed by atoms with Gasteiger partial charge in [-0.15, -0.1) is 11.3 Å². The summed E-state index contributed by atoms with van der Waals surface area (Å²) in [5, 5.41) is 13.2. The zero-order valence-corrected chi connectivity index (χ0v) is 12.7. The van der Waals surface area contributed by atoms with Gasteiger partial charge < -0.3 is 15.2 Å². The summed E-state index contributed by atoms with van der Waals surface area (Å²) in [5.74, 6) is -0.462. The van der Waals surface area contributed by atoms with Crippen molar-refractivity contribution in [1.29, 1.82) is 0 Å². The third kappa shape index (κ3) is 2.86. The number of benzene rings is 1. The Hall–Kier alpha value is -1.79. The van der Waals surface area contributed by atoms with Gasteiger partial charge in [0.05, 0.1) is 12.8 Å². The highest BCUT2D eigenvalue weighted by Gasteiger charge is 2.15. The van der Waals surface area contributed by atoms with E-state index in [1.54, 1.807) is 20.1 Å². The van der Waals surface area contributed by atoms with E-state index in [1.165, 1.54) is 11.3 Å². The van der Waals surface area contributed by atoms with Gasteiger partial charge in [0.25, 0.3) is 0 Å². The van der Waals surface area contributed by atoms with Crippen LogP contribution < -0.4 is 10.1 Å². The van der Waals surface area contributed by atoms with Crippen molar-refractivity contribution in [2.75, 3.05) is 12.4 Å². The number of hydrogen-bond donors (Lipinski definition) is 2. The molecule has 1 heterocycles. The summed E-state index contributed by atoms with van der Waals surface area (Å²) < 4.78 is 5.25. The lowest BCUT2D eigenvalue weighted by atomic mass is 10.2. The van der Waals surface area contributed by atoms with Gasteiger partial charge in [0.1, 0.15) is 5.75 Å². The molecule has 0 aliphatic rings. The van der Waals surface area contributed by atoms with E-state index < -0.39 is 5.97 Å². The summed E-state index contributed by atoms with van der Waals surface area (Å²) >= 11 is 7.32. The third-order valence-corrected chi connectivity index (χ3v) is 4.01. The molecule has 0 saturated heterocycles. The second kappa shape index (κ2) is 5.68. The molecule has 20 heavy (non-hydrogen) atoms. The first-order valence-electron chi connectivity index (χ1n) is 5.74. The number of nitrogens with zero attached hydrogens (tertiary/aromatic N) is 1. The first kappa shape index (κ1) is 14.6. The summed E-state index contributed by atoms with van der Waals surface area (Å²) in [4.78, 5) is 15.7. The molecule has 0 amide bonds. The van der Waals surface area contributed by atoms with E-state index in [-0.39, 0.29) is 5.69 Å². The Kier molecular flexibility index (Phi) is 4.15. The topological polar surface area (TPSA) is 71.5 Å². The van der Waals surface area contributed by atoms with Crippen LogP contribution in [-0.4, -0.2) is 23.2 Å². The maximum absolute atomic E-state index is 11.0. The summed E-state index contributed by atoms with van der Waals surface area (Å²) in [7, 11) is 1.54. The van der Waals surface area contributed by atoms with E-state index in [1.807, 2.05) is 13.0 Å². The number of aromatic carboxylic acids is 1. The number of carboxylic acids is 1. The zero-order chi connectivity index (χ0) is 14.9. The van der Waals surface area contributed by atoms with Gasteiger partial charge in [-0.05, 0) is 25.5 Å². The molecule has 2 N–H and O–H groups in total. The molecule has 0 aliphatic heterocycles. The number of rotatable bonds is 4. The maximum Gasteiger partial charge on any atom is 0.355 e. The van der Waals surface area contributed by atoms with Crippen molar-refractivity contribution >= 4 is 39.7 Å². The fraction of sp³-hybridized carbons (Fsp3) is 0.231. The van der Waals surface area contributed by atoms with Crippen LogP contribution in [0.1, 0.15) is 20.9 Å². The lowest BCUT2D eigenvalue weighted by molar-refractivity contribution is 0.0690. The fourth-order valence-corrected chi connectivity index (χ4v) is 2.66. The van der Waals surface area contributed by atoms with Crippen molar-refractivity contribution in [3.63, 3.8) is 0 Å². The second-order valence-electron chi connectivity index (χ2n) is 4.16. The summed E-state index contributed by atoms with van der Waals surface area (Å²) in [6.45, 7) is 3.60. The number of halogens is 1. The van der Waals surface area contributed by atoms with Gasteiger partial charge in [-0.3, -0.25) is 0 Å². The normalized spacial score (nSPS) is 10.4. The van der Waals surface area contributed by atoms with Crippen LogP contribution in [-0.2, 0) is 0 Å². The molecular weight excluding hydrogens is 300 g/mol. The van der Waals surface area contributed by atoms with Gasteiger partial charge in [-0.2, -0.15) is 0 Å². The molecule has 7 heteroatoms. The van der Waals surface area contributed by atoms with Crippen LogP contribution in [0.25, 0.3) is 0 Å². The predicted molar refractivity (Wildman–Crippen MR) is 79.8 cm³/mol. The summed E-state index contributed by atoms with van der Waals surface area (Å²) in [6.07, 6.45) is 0. The Morgan fingerprint density at radius 3 is 2.70 bits per heavy atom. The minimum Gasteiger partial charge on any atom is -0.495 e. The molecule has 5 nitrogen and oxygen atoms in total. The third-order valence-electron chi connectivity index (χ3n) is 2.72. The zero-order valence-electron chi connectivity index (χ0n) is 11.2. The predicted octanol–water partition coefficient (Wildman–Crippen LogP) is 3.86. The Balaban J connectivity index is 2.37. The Bertz CT molecular complexity index is 670. The van der Waals surface area contributed by atoms with Crippen LogP contribution >= 0.6 is 22.9 Å². The summed E-state index contributed by atoms with van der Waals surface area (Å²) in [5.41, 5.74) is 1.64. The highest BCUT2D eigenvalue weighted by atomic mass is 35.5. The molecular formula is C13H13ClN2O3S. The van der Waals surface area contributed by atoms with Crippen LogP contribution in [0.5, 0.6) is 5.75 Å². The molecule has 0 aliphatic carbocycles. The van der Waals surface area contributed by atoms with Crippen molar-refractivity contribution in [2.45, 2.75) is 13.8 Å². The van der Waals surface area contributed by atoms with Crippen LogP contribution in [0.4, 0.5) is 10.8 Å². The van der Waals surface area contributed by atoms with E-state index in [2.05, 4.69) is 10.3 Å². The number of hydrogen-bond acceptors (Lipinski definition) is 5. The molecule has 0 unspecified atom stereocenters. The van der Waals surface area contributed by atoms with E-state index in [0.29, 0.717) is 26.5 Å². The lowest BCUT2D eigenvalue weighted by Crippen LogP contribution is -2.00. The standard InChI is InChI=1S/C13H13ClN2O3S/c1-6-4-9(10(19-3)5-8(6)14)15-13-16-11(12(17)18)7(2)20-13/h4-5H,1-3H3,(H,15,16)(H,17,18). The van der Waals surface area contributed by atoms with Crippen LogP contribution in [0.3, 0.4) is 0 Å². The maximum atomic E-state index is 11.0. The van der Waals surface area contributed by atoms with Gasteiger partial charge in [-0.25, -0.2) is 9.78 Å². The van der Waals surface area contributed by atoms with Gasteiger partial charge in [0.15, 0.2) is 10.8 Å². The number of aromatic nitrogens is 1. The number of thiazole rings is 1. The highest BCUT2D eigenvalue weighted by Crippen LogP contribution is 2.34.